The minimum absolute atomic E-state index is 0.0981. The molecule has 0 saturated heterocycles. The predicted molar refractivity (Wildman–Crippen MR) is 106 cm³/mol. The van der Waals surface area contributed by atoms with Gasteiger partial charge in [-0.2, -0.15) is 0 Å². The van der Waals surface area contributed by atoms with Crippen molar-refractivity contribution in [3.63, 3.8) is 0 Å². The van der Waals surface area contributed by atoms with E-state index in [1.807, 2.05) is 0 Å². The minimum Gasteiger partial charge on any atom is -0.354 e. The van der Waals surface area contributed by atoms with Gasteiger partial charge in [0.2, 0.25) is 0 Å². The first-order valence-electron chi connectivity index (χ1n) is 9.27. The lowest BCUT2D eigenvalue weighted by atomic mass is 9.82. The largest absolute Gasteiger partial charge is 0.354 e. The molecular weight excluding hydrogens is 292 g/mol. The summed E-state index contributed by atoms with van der Waals surface area (Å²) in [5.74, 6) is 0. The van der Waals surface area contributed by atoms with Crippen LogP contribution in [0.4, 0.5) is 0 Å². The number of fused-ring (bicyclic) bond motifs is 3. The number of hydrogen-bond acceptors (Lipinski definition) is 1. The molecule has 2 aromatic carbocycles. The van der Waals surface area contributed by atoms with E-state index in [0.29, 0.717) is 0 Å². The first kappa shape index (κ1) is 17.0. The molecule has 1 aromatic heterocycles. The van der Waals surface area contributed by atoms with E-state index >= 15 is 0 Å². The van der Waals surface area contributed by atoms with Crippen molar-refractivity contribution in [3.05, 3.63) is 47.0 Å². The van der Waals surface area contributed by atoms with Gasteiger partial charge in [-0.15, -0.1) is 0 Å². The smallest absolute Gasteiger partial charge is 0.0497 e. The van der Waals surface area contributed by atoms with E-state index in [0.717, 1.165) is 32.1 Å². The van der Waals surface area contributed by atoms with Crippen LogP contribution >= 0.6 is 0 Å². The molecule has 0 radical (unpaired) electrons. The van der Waals surface area contributed by atoms with Gasteiger partial charge in [-0.1, -0.05) is 51.0 Å². The Morgan fingerprint density at radius 3 is 2.25 bits per heavy atom. The van der Waals surface area contributed by atoms with Gasteiger partial charge in [0, 0.05) is 27.3 Å². The molecule has 1 heterocycles. The summed E-state index contributed by atoms with van der Waals surface area (Å²) in [6, 6.07) is 11.1. The van der Waals surface area contributed by atoms with E-state index in [4.69, 9.17) is 5.73 Å². The lowest BCUT2D eigenvalue weighted by Crippen LogP contribution is -2.41. The summed E-state index contributed by atoms with van der Waals surface area (Å²) in [5.41, 5.74) is 13.2. The molecule has 0 spiro atoms. The summed E-state index contributed by atoms with van der Waals surface area (Å²) in [4.78, 5) is 3.64. The van der Waals surface area contributed by atoms with Crippen molar-refractivity contribution in [1.82, 2.24) is 4.98 Å². The van der Waals surface area contributed by atoms with Crippen LogP contribution in [-0.4, -0.2) is 10.5 Å². The van der Waals surface area contributed by atoms with Crippen molar-refractivity contribution in [2.24, 2.45) is 5.73 Å². The molecule has 128 valence electrons. The monoisotopic (exact) mass is 322 g/mol. The van der Waals surface area contributed by atoms with Crippen LogP contribution in [0.25, 0.3) is 21.8 Å². The molecule has 2 nitrogen and oxygen atoms in total. The molecule has 3 aromatic rings. The standard InChI is InChI=1S/C22H30N2/c1-5-12-22(23,13-6-2)14-17-8-7-9-18-20(17)19-15(3)10-11-16(4)21(19)24-18/h7-11,24H,5-6,12-14,23H2,1-4H3. The van der Waals surface area contributed by atoms with E-state index in [1.54, 1.807) is 0 Å². The summed E-state index contributed by atoms with van der Waals surface area (Å²) >= 11 is 0. The van der Waals surface area contributed by atoms with Crippen molar-refractivity contribution in [2.75, 3.05) is 0 Å². The van der Waals surface area contributed by atoms with Crippen molar-refractivity contribution in [3.8, 4) is 0 Å². The Hall–Kier alpha value is -1.80. The lowest BCUT2D eigenvalue weighted by molar-refractivity contribution is 0.356. The zero-order valence-electron chi connectivity index (χ0n) is 15.5. The molecule has 0 amide bonds. The molecule has 2 heteroatoms. The molecule has 3 N–H and O–H groups in total. The fraction of sp³-hybridized carbons (Fsp3) is 0.455. The van der Waals surface area contributed by atoms with E-state index < -0.39 is 0 Å². The third kappa shape index (κ3) is 2.95. The van der Waals surface area contributed by atoms with Crippen LogP contribution in [0.1, 0.15) is 56.2 Å². The van der Waals surface area contributed by atoms with Gasteiger partial charge in [0.1, 0.15) is 0 Å². The predicted octanol–water partition coefficient (Wildman–Crippen LogP) is 5.78. The maximum absolute atomic E-state index is 6.81. The SMILES string of the molecule is CCCC(N)(CCC)Cc1cccc2[nH]c3c(C)ccc(C)c3c12. The second kappa shape index (κ2) is 6.60. The van der Waals surface area contributed by atoms with Crippen LogP contribution < -0.4 is 5.73 Å². The second-order valence-corrected chi connectivity index (χ2v) is 7.45. The van der Waals surface area contributed by atoms with Crippen molar-refractivity contribution in [1.29, 1.82) is 0 Å². The van der Waals surface area contributed by atoms with Gasteiger partial charge < -0.3 is 10.7 Å². The average molecular weight is 322 g/mol. The van der Waals surface area contributed by atoms with Crippen LogP contribution in [0.2, 0.25) is 0 Å². The van der Waals surface area contributed by atoms with E-state index in [9.17, 15) is 0 Å². The maximum atomic E-state index is 6.81. The number of aryl methyl sites for hydroxylation is 2. The number of H-pyrrole nitrogens is 1. The molecule has 0 aliphatic carbocycles. The molecule has 3 rings (SSSR count). The second-order valence-electron chi connectivity index (χ2n) is 7.45. The van der Waals surface area contributed by atoms with Crippen molar-refractivity contribution in [2.45, 2.75) is 65.3 Å². The van der Waals surface area contributed by atoms with Gasteiger partial charge in [0.15, 0.2) is 0 Å². The van der Waals surface area contributed by atoms with Crippen LogP contribution in [0, 0.1) is 13.8 Å². The third-order valence-corrected chi connectivity index (χ3v) is 5.32. The molecule has 0 bridgehead atoms. The van der Waals surface area contributed by atoms with Gasteiger partial charge in [-0.05, 0) is 55.9 Å². The molecule has 0 saturated carbocycles. The molecule has 0 unspecified atom stereocenters. The van der Waals surface area contributed by atoms with Crippen molar-refractivity contribution < 1.29 is 0 Å². The normalized spacial score (nSPS) is 12.4. The maximum Gasteiger partial charge on any atom is 0.0497 e. The number of rotatable bonds is 6. The number of aromatic nitrogens is 1. The highest BCUT2D eigenvalue weighted by Crippen LogP contribution is 2.35. The molecule has 0 atom stereocenters. The number of hydrogen-bond donors (Lipinski definition) is 2. The van der Waals surface area contributed by atoms with Crippen LogP contribution in [-0.2, 0) is 6.42 Å². The Morgan fingerprint density at radius 1 is 0.917 bits per heavy atom. The van der Waals surface area contributed by atoms with Gasteiger partial charge in [-0.3, -0.25) is 0 Å². The number of aromatic amines is 1. The number of nitrogens with two attached hydrogens (primary N) is 1. The first-order chi connectivity index (χ1) is 11.5. The highest BCUT2D eigenvalue weighted by atomic mass is 14.7. The fourth-order valence-electron chi connectivity index (χ4n) is 4.25. The highest BCUT2D eigenvalue weighted by molar-refractivity contribution is 6.11. The first-order valence-corrected chi connectivity index (χ1v) is 9.27. The van der Waals surface area contributed by atoms with Gasteiger partial charge in [0.25, 0.3) is 0 Å². The van der Waals surface area contributed by atoms with Crippen LogP contribution in [0.5, 0.6) is 0 Å². The van der Waals surface area contributed by atoms with Gasteiger partial charge >= 0.3 is 0 Å². The van der Waals surface area contributed by atoms with E-state index in [1.165, 1.54) is 38.5 Å². The number of benzene rings is 2. The zero-order valence-corrected chi connectivity index (χ0v) is 15.5. The Morgan fingerprint density at radius 2 is 1.58 bits per heavy atom. The molecule has 0 aliphatic heterocycles. The minimum atomic E-state index is -0.0981. The lowest BCUT2D eigenvalue weighted by Gasteiger charge is -2.29. The molecule has 24 heavy (non-hydrogen) atoms. The summed E-state index contributed by atoms with van der Waals surface area (Å²) in [6.45, 7) is 8.85. The van der Waals surface area contributed by atoms with Gasteiger partial charge in [-0.25, -0.2) is 0 Å². The fourth-order valence-corrected chi connectivity index (χ4v) is 4.25. The Balaban J connectivity index is 2.20. The summed E-state index contributed by atoms with van der Waals surface area (Å²) in [7, 11) is 0. The van der Waals surface area contributed by atoms with E-state index in [-0.39, 0.29) is 5.54 Å². The highest BCUT2D eigenvalue weighted by Gasteiger charge is 2.25. The van der Waals surface area contributed by atoms with Crippen LogP contribution in [0.15, 0.2) is 30.3 Å². The van der Waals surface area contributed by atoms with Crippen molar-refractivity contribution >= 4 is 21.8 Å². The quantitative estimate of drug-likeness (QED) is 0.593. The average Bonchev–Trinajstić information content (AvgIpc) is 2.93. The Kier molecular flexibility index (Phi) is 4.69. The van der Waals surface area contributed by atoms with Crippen LogP contribution in [0.3, 0.4) is 0 Å². The summed E-state index contributed by atoms with van der Waals surface area (Å²) < 4.78 is 0. The third-order valence-electron chi connectivity index (χ3n) is 5.32. The number of nitrogens with one attached hydrogen (secondary N) is 1. The summed E-state index contributed by atoms with van der Waals surface area (Å²) in [6.07, 6.45) is 5.39. The summed E-state index contributed by atoms with van der Waals surface area (Å²) in [5, 5.41) is 2.74. The van der Waals surface area contributed by atoms with Gasteiger partial charge in [0.05, 0.1) is 0 Å². The Labute approximate surface area is 145 Å². The molecular formula is C22H30N2. The Bertz CT molecular complexity index is 851. The van der Waals surface area contributed by atoms with E-state index in [2.05, 4.69) is 63.0 Å². The molecule has 0 fully saturated rings. The zero-order chi connectivity index (χ0) is 17.3. The molecule has 0 aliphatic rings. The topological polar surface area (TPSA) is 41.8 Å².